The molecule has 41 heavy (non-hydrogen) atoms. The van der Waals surface area contributed by atoms with E-state index in [4.69, 9.17) is 4.74 Å². The average Bonchev–Trinajstić information content (AvgIpc) is 2.98. The molecule has 2 aromatic carbocycles. The fourth-order valence-electron chi connectivity index (χ4n) is 5.83. The molecule has 2 atom stereocenters. The van der Waals surface area contributed by atoms with Gasteiger partial charge in [0.25, 0.3) is 0 Å². The zero-order valence-electron chi connectivity index (χ0n) is 25.8. The van der Waals surface area contributed by atoms with Crippen molar-refractivity contribution in [2.75, 3.05) is 38.1 Å². The Hall–Kier alpha value is -1.99. The van der Waals surface area contributed by atoms with Crippen LogP contribution in [0, 0.1) is 12.8 Å². The van der Waals surface area contributed by atoms with Crippen LogP contribution in [0.4, 0.5) is 5.69 Å². The van der Waals surface area contributed by atoms with Crippen LogP contribution in [0.2, 0.25) is 11.1 Å². The molecule has 8 heteroatoms. The molecule has 0 saturated heterocycles. The first kappa shape index (κ1) is 33.5. The zero-order valence-corrected chi connectivity index (χ0v) is 28.3. The van der Waals surface area contributed by atoms with Crippen LogP contribution in [0.25, 0.3) is 11.1 Å². The monoisotopic (exact) mass is 647 g/mol. The molecule has 226 valence electrons. The Morgan fingerprint density at radius 2 is 1.85 bits per heavy atom. The van der Waals surface area contributed by atoms with Crippen molar-refractivity contribution in [2.24, 2.45) is 5.92 Å². The van der Waals surface area contributed by atoms with E-state index in [2.05, 4.69) is 46.5 Å². The maximum absolute atomic E-state index is 13.8. The molecule has 0 heterocycles. The second kappa shape index (κ2) is 17.2. The number of anilines is 1. The molecule has 3 rings (SSSR count). The van der Waals surface area contributed by atoms with E-state index in [9.17, 15) is 9.59 Å². The van der Waals surface area contributed by atoms with Gasteiger partial charge in [-0.05, 0) is 12.0 Å². The van der Waals surface area contributed by atoms with Gasteiger partial charge in [-0.3, -0.25) is 0 Å². The number of carbonyl (C=O) groups excluding carboxylic acids is 2. The van der Waals surface area contributed by atoms with E-state index in [0.29, 0.717) is 33.0 Å². The standard InChI is InChI=1S/C33H49N3O3SSe/c1-23-12-10-11-15-27(23)28-19-25(21-34-26(22-41-6)18-24-13-8-7-9-14-24)31(36(2)3)20-29(28)32(37)35-30(16-17-40-5)33(38)39-4/h10-12,15,19-20,24,26,30,34H,7-9,13-14,16-18,21-22H2,1-6H3,(H,35,37)/t26-,30-/m0/s1. The predicted octanol–water partition coefficient (Wildman–Crippen LogP) is 6.35. The quantitative estimate of drug-likeness (QED) is 0.174. The minimum absolute atomic E-state index is 0.258. The molecule has 2 aromatic rings. The molecule has 0 spiro atoms. The van der Waals surface area contributed by atoms with Crippen LogP contribution in [0.15, 0.2) is 36.4 Å². The Morgan fingerprint density at radius 3 is 2.49 bits per heavy atom. The van der Waals surface area contributed by atoms with Crippen molar-refractivity contribution in [3.8, 4) is 11.1 Å². The second-order valence-corrected chi connectivity index (χ2v) is 14.2. The van der Waals surface area contributed by atoms with Crippen LogP contribution < -0.4 is 15.5 Å². The number of methoxy groups -OCH3 is 1. The van der Waals surface area contributed by atoms with Gasteiger partial charge in [-0.15, -0.1) is 0 Å². The van der Waals surface area contributed by atoms with Crippen molar-refractivity contribution in [1.82, 2.24) is 10.6 Å². The normalized spacial score (nSPS) is 15.3. The molecule has 1 aliphatic carbocycles. The van der Waals surface area contributed by atoms with E-state index in [1.54, 1.807) is 11.8 Å². The Labute approximate surface area is 258 Å². The average molecular weight is 647 g/mol. The van der Waals surface area contributed by atoms with Crippen LogP contribution in [0.5, 0.6) is 0 Å². The van der Waals surface area contributed by atoms with Gasteiger partial charge in [0.15, 0.2) is 0 Å². The SMILES string of the molecule is COC(=O)[C@H](CCSC)NC(=O)c1cc(N(C)C)c(CN[C@H](C[Se]C)CC2CCCCC2)cc1-c1ccccc1C. The first-order valence-corrected chi connectivity index (χ1v) is 19.1. The molecule has 0 radical (unpaired) electrons. The van der Waals surface area contributed by atoms with Gasteiger partial charge in [0.2, 0.25) is 0 Å². The van der Waals surface area contributed by atoms with Crippen molar-refractivity contribution in [3.05, 3.63) is 53.1 Å². The van der Waals surface area contributed by atoms with E-state index in [-0.39, 0.29) is 5.91 Å². The number of carbonyl (C=O) groups is 2. The summed E-state index contributed by atoms with van der Waals surface area (Å²) in [6.45, 7) is 2.83. The number of nitrogens with zero attached hydrogens (tertiary/aromatic N) is 1. The van der Waals surface area contributed by atoms with Crippen molar-refractivity contribution in [1.29, 1.82) is 0 Å². The second-order valence-electron chi connectivity index (χ2n) is 11.3. The summed E-state index contributed by atoms with van der Waals surface area (Å²) in [5, 5.41) is 8.14. The number of aryl methyl sites for hydroxylation is 1. The van der Waals surface area contributed by atoms with Gasteiger partial charge in [0.05, 0.1) is 7.11 Å². The van der Waals surface area contributed by atoms with Crippen LogP contribution >= 0.6 is 11.8 Å². The van der Waals surface area contributed by atoms with Gasteiger partial charge in [-0.25, -0.2) is 4.79 Å². The number of ether oxygens (including phenoxy) is 1. The number of nitrogens with one attached hydrogen (secondary N) is 2. The molecule has 1 saturated carbocycles. The number of amides is 1. The third-order valence-electron chi connectivity index (χ3n) is 8.07. The molecular weight excluding hydrogens is 597 g/mol. The summed E-state index contributed by atoms with van der Waals surface area (Å²) in [5.41, 5.74) is 5.78. The number of rotatable bonds is 15. The van der Waals surface area contributed by atoms with Crippen molar-refractivity contribution in [2.45, 2.75) is 81.6 Å². The number of esters is 1. The zero-order chi connectivity index (χ0) is 29.8. The molecule has 0 bridgehead atoms. The van der Waals surface area contributed by atoms with Crippen molar-refractivity contribution < 1.29 is 14.3 Å². The van der Waals surface area contributed by atoms with E-state index >= 15 is 0 Å². The van der Waals surface area contributed by atoms with E-state index in [1.165, 1.54) is 56.5 Å². The number of hydrogen-bond donors (Lipinski definition) is 2. The molecule has 1 amide bonds. The summed E-state index contributed by atoms with van der Waals surface area (Å²) >= 11 is 2.25. The first-order chi connectivity index (χ1) is 19.8. The van der Waals surface area contributed by atoms with Crippen molar-refractivity contribution in [3.63, 3.8) is 0 Å². The van der Waals surface area contributed by atoms with Gasteiger partial charge >= 0.3 is 219 Å². The van der Waals surface area contributed by atoms with Crippen LogP contribution in [-0.4, -0.2) is 72.1 Å². The molecule has 2 N–H and O–H groups in total. The summed E-state index contributed by atoms with van der Waals surface area (Å²) in [6, 6.07) is 12.2. The Bertz CT molecular complexity index is 1140. The van der Waals surface area contributed by atoms with E-state index < -0.39 is 12.0 Å². The van der Waals surface area contributed by atoms with Crippen molar-refractivity contribution >= 4 is 44.3 Å². The van der Waals surface area contributed by atoms with Gasteiger partial charge in [-0.1, -0.05) is 0 Å². The maximum atomic E-state index is 13.8. The van der Waals surface area contributed by atoms with Gasteiger partial charge < -0.3 is 4.74 Å². The van der Waals surface area contributed by atoms with Crippen LogP contribution in [0.1, 0.15) is 66.4 Å². The summed E-state index contributed by atoms with van der Waals surface area (Å²) in [5.74, 6) is 3.24. The van der Waals surface area contributed by atoms with Crippen LogP contribution in [-0.2, 0) is 16.1 Å². The van der Waals surface area contributed by atoms with Crippen LogP contribution in [0.3, 0.4) is 0 Å². The van der Waals surface area contributed by atoms with Gasteiger partial charge in [-0.2, -0.15) is 11.8 Å². The molecule has 0 unspecified atom stereocenters. The summed E-state index contributed by atoms with van der Waals surface area (Å²) < 4.78 is 5.01. The summed E-state index contributed by atoms with van der Waals surface area (Å²) in [6.07, 6.45) is 10.6. The van der Waals surface area contributed by atoms with E-state index in [1.807, 2.05) is 38.6 Å². The van der Waals surface area contributed by atoms with Gasteiger partial charge in [0.1, 0.15) is 0 Å². The molecule has 1 aliphatic rings. The summed E-state index contributed by atoms with van der Waals surface area (Å²) in [7, 11) is 5.42. The third kappa shape index (κ3) is 9.77. The molecular formula is C33H49N3O3SSe. The first-order valence-electron chi connectivity index (χ1n) is 14.8. The minimum atomic E-state index is -0.690. The third-order valence-corrected chi connectivity index (χ3v) is 10.3. The van der Waals surface area contributed by atoms with Gasteiger partial charge in [0, 0.05) is 0 Å². The Morgan fingerprint density at radius 1 is 1.12 bits per heavy atom. The fourth-order valence-corrected chi connectivity index (χ4v) is 7.68. The topological polar surface area (TPSA) is 70.7 Å². The molecule has 0 aromatic heterocycles. The summed E-state index contributed by atoms with van der Waals surface area (Å²) in [4.78, 5) is 28.4. The molecule has 0 aliphatic heterocycles. The number of hydrogen-bond acceptors (Lipinski definition) is 6. The fraction of sp³-hybridized carbons (Fsp3) is 0.576. The number of thioether (sulfide) groups is 1. The Kier molecular flexibility index (Phi) is 14.1. The molecule has 1 fully saturated rings. The predicted molar refractivity (Wildman–Crippen MR) is 175 cm³/mol. The molecule has 6 nitrogen and oxygen atoms in total. The number of benzene rings is 2. The Balaban J connectivity index is 1.98. The van der Waals surface area contributed by atoms with E-state index in [0.717, 1.165) is 40.6 Å².